The minimum Gasteiger partial charge on any atom is -0.388 e. The van der Waals surface area contributed by atoms with Crippen molar-refractivity contribution in [3.63, 3.8) is 0 Å². The van der Waals surface area contributed by atoms with Gasteiger partial charge >= 0.3 is 12.1 Å². The van der Waals surface area contributed by atoms with Crippen LogP contribution in [-0.2, 0) is 0 Å². The Labute approximate surface area is 246 Å². The van der Waals surface area contributed by atoms with Crippen LogP contribution in [0.1, 0.15) is 16.8 Å². The van der Waals surface area contributed by atoms with Gasteiger partial charge in [0.1, 0.15) is 0 Å². The zero-order valence-corrected chi connectivity index (χ0v) is 23.9. The number of nitrogens with two attached hydrogens (primary N) is 1. The minimum absolute atomic E-state index is 0. The number of aromatic nitrogens is 3. The lowest BCUT2D eigenvalue weighted by Crippen LogP contribution is -2.33. The Morgan fingerprint density at radius 1 is 0.976 bits per heavy atom. The number of nitrogens with zero attached hydrogens (tertiary/aromatic N) is 6. The Bertz CT molecular complexity index is 1610. The molecule has 1 aromatic carbocycles. The van der Waals surface area contributed by atoms with Gasteiger partial charge in [-0.2, -0.15) is 0 Å². The highest BCUT2D eigenvalue weighted by atomic mass is 35.5. The summed E-state index contributed by atoms with van der Waals surface area (Å²) in [5.41, 5.74) is 6.63. The first kappa shape index (κ1) is 32.4. The van der Waals surface area contributed by atoms with Gasteiger partial charge in [-0.05, 0) is 18.2 Å². The molecule has 218 valence electrons. The summed E-state index contributed by atoms with van der Waals surface area (Å²) < 4.78 is 2.61. The number of fused-ring (bicyclic) bond motifs is 1. The van der Waals surface area contributed by atoms with E-state index in [4.69, 9.17) is 11.1 Å². The molecule has 0 spiro atoms. The average molecular weight is 606 g/mol. The Morgan fingerprint density at radius 3 is 2.15 bits per heavy atom. The van der Waals surface area contributed by atoms with Crippen LogP contribution in [0.5, 0.6) is 0 Å². The summed E-state index contributed by atoms with van der Waals surface area (Å²) in [6.45, 7) is 0.279. The van der Waals surface area contributed by atoms with Gasteiger partial charge in [-0.3, -0.25) is 34.4 Å². The second-order valence-corrected chi connectivity index (χ2v) is 8.90. The third-order valence-corrected chi connectivity index (χ3v) is 6.32. The van der Waals surface area contributed by atoms with Gasteiger partial charge in [0.2, 0.25) is 0 Å². The highest BCUT2D eigenvalue weighted by Gasteiger charge is 2.25. The van der Waals surface area contributed by atoms with Crippen LogP contribution in [0.15, 0.2) is 61.3 Å². The smallest absolute Gasteiger partial charge is 0.332 e. The fraction of sp³-hybridized carbons (Fsp3) is 0.200. The maximum Gasteiger partial charge on any atom is 0.332 e. The van der Waals surface area contributed by atoms with E-state index in [1.165, 1.54) is 74.0 Å². The highest BCUT2D eigenvalue weighted by Crippen LogP contribution is 2.30. The number of aromatic amines is 1. The van der Waals surface area contributed by atoms with Crippen molar-refractivity contribution < 1.29 is 19.3 Å². The third-order valence-electron chi connectivity index (χ3n) is 6.32. The molecule has 4 aromatic rings. The van der Waals surface area contributed by atoms with E-state index in [0.717, 1.165) is 0 Å². The molecule has 4 rings (SSSR count). The van der Waals surface area contributed by atoms with Crippen LogP contribution in [0.3, 0.4) is 0 Å². The molecule has 3 amide bonds. The fourth-order valence-corrected chi connectivity index (χ4v) is 4.05. The van der Waals surface area contributed by atoms with Gasteiger partial charge < -0.3 is 20.5 Å². The molecule has 0 bridgehead atoms. The van der Waals surface area contributed by atoms with Crippen LogP contribution >= 0.6 is 24.8 Å². The predicted molar refractivity (Wildman–Crippen MR) is 160 cm³/mol. The van der Waals surface area contributed by atoms with Crippen LogP contribution in [0.2, 0.25) is 0 Å². The van der Waals surface area contributed by atoms with Gasteiger partial charge in [-0.1, -0.05) is 6.07 Å². The van der Waals surface area contributed by atoms with Gasteiger partial charge in [-0.15, -0.1) is 24.8 Å². The van der Waals surface area contributed by atoms with E-state index in [9.17, 15) is 24.5 Å². The molecule has 0 aliphatic heterocycles. The highest BCUT2D eigenvalue weighted by molar-refractivity contribution is 6.16. The molecule has 0 radical (unpaired) electrons. The first-order valence-electron chi connectivity index (χ1n) is 11.7. The van der Waals surface area contributed by atoms with Crippen LogP contribution in [0.4, 0.5) is 26.7 Å². The van der Waals surface area contributed by atoms with Crippen molar-refractivity contribution in [1.82, 2.24) is 19.0 Å². The number of halogens is 2. The average Bonchev–Trinajstić information content (AvgIpc) is 3.68. The summed E-state index contributed by atoms with van der Waals surface area (Å²) >= 11 is 0. The maximum absolute atomic E-state index is 13.3. The largest absolute Gasteiger partial charge is 0.388 e. The standard InChI is InChI=1S/C25H27N9O5.2ClH/c1-29(10-9-21(26)27)24(36)32-11-8-17(15-32)31(3)25(37)33-12-7-16(14-33)30(2)23(35)18-13-28-19-5-4-6-20(22(18)19)34(38)39;;/h4-8,11-15,28H,9-10H2,1-3H3,(H3,26,27);2*1H. The van der Waals surface area contributed by atoms with Crippen molar-refractivity contribution in [3.05, 3.63) is 77.0 Å². The molecular formula is C25H29Cl2N9O5. The molecule has 4 N–H and O–H groups in total. The van der Waals surface area contributed by atoms with Gasteiger partial charge in [-0.25, -0.2) is 9.59 Å². The first-order valence-corrected chi connectivity index (χ1v) is 11.7. The number of nitro benzene ring substituents is 1. The summed E-state index contributed by atoms with van der Waals surface area (Å²) in [6.07, 6.45) is 7.67. The van der Waals surface area contributed by atoms with Crippen molar-refractivity contribution in [2.75, 3.05) is 37.5 Å². The second kappa shape index (κ2) is 13.0. The molecule has 0 fully saturated rings. The number of amides is 3. The molecule has 0 atom stereocenters. The number of nitro groups is 1. The number of carbonyl (C=O) groups excluding carboxylic acids is 3. The van der Waals surface area contributed by atoms with Gasteiger partial charge in [0, 0.05) is 71.2 Å². The second-order valence-electron chi connectivity index (χ2n) is 8.90. The number of anilines is 2. The minimum atomic E-state index is -0.539. The molecular weight excluding hydrogens is 577 g/mol. The van der Waals surface area contributed by atoms with Crippen LogP contribution in [0.25, 0.3) is 10.9 Å². The van der Waals surface area contributed by atoms with Crippen molar-refractivity contribution in [1.29, 1.82) is 5.41 Å². The van der Waals surface area contributed by atoms with E-state index >= 15 is 0 Å². The van der Waals surface area contributed by atoms with Crippen molar-refractivity contribution in [3.8, 4) is 0 Å². The molecule has 41 heavy (non-hydrogen) atoms. The molecule has 0 saturated carbocycles. The predicted octanol–water partition coefficient (Wildman–Crippen LogP) is 4.13. The number of amidine groups is 1. The molecule has 0 unspecified atom stereocenters. The normalized spacial score (nSPS) is 10.3. The fourth-order valence-electron chi connectivity index (χ4n) is 4.05. The van der Waals surface area contributed by atoms with Gasteiger partial charge in [0.15, 0.2) is 0 Å². The third kappa shape index (κ3) is 6.50. The number of H-pyrrole nitrogens is 1. The Morgan fingerprint density at radius 2 is 1.56 bits per heavy atom. The van der Waals surface area contributed by atoms with Gasteiger partial charge in [0.25, 0.3) is 11.6 Å². The van der Waals surface area contributed by atoms with E-state index in [1.807, 2.05) is 0 Å². The summed E-state index contributed by atoms with van der Waals surface area (Å²) in [7, 11) is 4.65. The summed E-state index contributed by atoms with van der Waals surface area (Å²) in [5, 5.41) is 19.0. The lowest BCUT2D eigenvalue weighted by atomic mass is 10.1. The van der Waals surface area contributed by atoms with Crippen molar-refractivity contribution in [2.45, 2.75) is 6.42 Å². The zero-order chi connectivity index (χ0) is 28.4. The monoisotopic (exact) mass is 605 g/mol. The number of rotatable bonds is 7. The zero-order valence-electron chi connectivity index (χ0n) is 22.3. The van der Waals surface area contributed by atoms with E-state index in [0.29, 0.717) is 16.9 Å². The van der Waals surface area contributed by atoms with Crippen molar-refractivity contribution in [2.24, 2.45) is 5.73 Å². The number of nitrogens with one attached hydrogen (secondary N) is 2. The molecule has 0 aliphatic carbocycles. The van der Waals surface area contributed by atoms with Crippen LogP contribution in [0, 0.1) is 15.5 Å². The van der Waals surface area contributed by atoms with E-state index < -0.39 is 16.9 Å². The molecule has 0 aliphatic rings. The lowest BCUT2D eigenvalue weighted by Gasteiger charge is -2.18. The topological polar surface area (TPSA) is 180 Å². The number of hydrogen-bond acceptors (Lipinski definition) is 6. The molecule has 0 saturated heterocycles. The van der Waals surface area contributed by atoms with E-state index in [-0.39, 0.29) is 66.3 Å². The maximum atomic E-state index is 13.3. The lowest BCUT2D eigenvalue weighted by molar-refractivity contribution is -0.383. The number of non-ortho nitro benzene ring substituents is 1. The van der Waals surface area contributed by atoms with Crippen LogP contribution < -0.4 is 15.5 Å². The summed E-state index contributed by atoms with van der Waals surface area (Å²) in [6, 6.07) is 6.92. The SMILES string of the molecule is CN(CCC(=N)N)C(=O)n1ccc(N(C)C(=O)n2ccc(N(C)C(=O)c3c[nH]c4cccc([N+](=O)[O-])c34)c2)c1.Cl.Cl. The van der Waals surface area contributed by atoms with Crippen molar-refractivity contribution >= 4 is 76.6 Å². The Balaban J connectivity index is 0.00000294. The number of benzene rings is 1. The molecule has 16 heteroatoms. The van der Waals surface area contributed by atoms with Crippen LogP contribution in [-0.4, -0.2) is 75.4 Å². The van der Waals surface area contributed by atoms with E-state index in [1.54, 1.807) is 32.3 Å². The Kier molecular flexibility index (Phi) is 10.3. The van der Waals surface area contributed by atoms with E-state index in [2.05, 4.69) is 4.98 Å². The summed E-state index contributed by atoms with van der Waals surface area (Å²) in [5.74, 6) is -0.507. The van der Waals surface area contributed by atoms with Gasteiger partial charge in [0.05, 0.1) is 38.6 Å². The number of hydrogen-bond donors (Lipinski definition) is 3. The summed E-state index contributed by atoms with van der Waals surface area (Å²) in [4.78, 5) is 56.9. The first-order chi connectivity index (χ1) is 18.5. The number of carbonyl (C=O) groups is 3. The molecule has 3 aromatic heterocycles. The Hall–Kier alpha value is -4.82. The molecule has 14 nitrogen and oxygen atoms in total. The molecule has 3 heterocycles. The quantitative estimate of drug-likeness (QED) is 0.123.